The highest BCUT2D eigenvalue weighted by Crippen LogP contribution is 2.30. The zero-order valence-electron chi connectivity index (χ0n) is 14.2. The highest BCUT2D eigenvalue weighted by Gasteiger charge is 2.20. The zero-order chi connectivity index (χ0) is 17.9. The van der Waals surface area contributed by atoms with Gasteiger partial charge in [0.25, 0.3) is 5.91 Å². The van der Waals surface area contributed by atoms with E-state index in [-0.39, 0.29) is 5.91 Å². The first-order chi connectivity index (χ1) is 12.7. The van der Waals surface area contributed by atoms with Gasteiger partial charge < -0.3 is 5.32 Å². The first-order valence-corrected chi connectivity index (χ1v) is 9.11. The van der Waals surface area contributed by atoms with E-state index in [0.29, 0.717) is 11.3 Å². The van der Waals surface area contributed by atoms with E-state index in [1.807, 2.05) is 79.7 Å². The molecule has 2 aromatic heterocycles. The van der Waals surface area contributed by atoms with Crippen molar-refractivity contribution in [1.29, 1.82) is 0 Å². The van der Waals surface area contributed by atoms with Gasteiger partial charge in [-0.25, -0.2) is 4.68 Å². The second-order valence-electron chi connectivity index (χ2n) is 5.90. The summed E-state index contributed by atoms with van der Waals surface area (Å²) in [6.07, 6.45) is 1.79. The maximum absolute atomic E-state index is 12.9. The molecule has 0 radical (unpaired) electrons. The highest BCUT2D eigenvalue weighted by molar-refractivity contribution is 7.15. The molecular formula is C21H17N3OS. The number of nitrogens with zero attached hydrogens (tertiary/aromatic N) is 2. The molecule has 1 amide bonds. The molecular weight excluding hydrogens is 342 g/mol. The molecule has 1 N–H and O–H groups in total. The normalized spacial score (nSPS) is 10.7. The van der Waals surface area contributed by atoms with Gasteiger partial charge in [-0.15, -0.1) is 11.3 Å². The van der Waals surface area contributed by atoms with Gasteiger partial charge in [0, 0.05) is 16.8 Å². The van der Waals surface area contributed by atoms with E-state index < -0.39 is 0 Å². The molecule has 4 aromatic rings. The third-order valence-corrected chi connectivity index (χ3v) is 4.99. The highest BCUT2D eigenvalue weighted by atomic mass is 32.1. The van der Waals surface area contributed by atoms with Crippen LogP contribution in [0, 0.1) is 6.92 Å². The van der Waals surface area contributed by atoms with E-state index >= 15 is 0 Å². The predicted octanol–water partition coefficient (Wildman–Crippen LogP) is 5.16. The van der Waals surface area contributed by atoms with Gasteiger partial charge in [-0.3, -0.25) is 4.79 Å². The summed E-state index contributed by atoms with van der Waals surface area (Å²) in [5.41, 5.74) is 2.93. The van der Waals surface area contributed by atoms with Crippen molar-refractivity contribution in [2.75, 3.05) is 5.32 Å². The second kappa shape index (κ2) is 6.98. The molecule has 26 heavy (non-hydrogen) atoms. The van der Waals surface area contributed by atoms with Crippen LogP contribution >= 0.6 is 11.3 Å². The number of anilines is 1. The number of carbonyl (C=O) groups is 1. The number of hydrogen-bond acceptors (Lipinski definition) is 3. The summed E-state index contributed by atoms with van der Waals surface area (Å²) in [6.45, 7) is 2.05. The van der Waals surface area contributed by atoms with Crippen LogP contribution in [0.4, 0.5) is 5.69 Å². The Morgan fingerprint density at radius 3 is 2.31 bits per heavy atom. The molecule has 0 aliphatic heterocycles. The molecule has 0 atom stereocenters. The van der Waals surface area contributed by atoms with Crippen LogP contribution in [0.15, 0.2) is 79.0 Å². The van der Waals surface area contributed by atoms with E-state index in [1.54, 1.807) is 22.2 Å². The van der Waals surface area contributed by atoms with Crippen LogP contribution in [0.25, 0.3) is 16.3 Å². The Hall–Kier alpha value is -3.18. The third kappa shape index (κ3) is 3.30. The Morgan fingerprint density at radius 2 is 1.65 bits per heavy atom. The van der Waals surface area contributed by atoms with Crippen molar-refractivity contribution in [3.8, 4) is 16.3 Å². The van der Waals surface area contributed by atoms with Crippen LogP contribution in [-0.4, -0.2) is 15.7 Å². The summed E-state index contributed by atoms with van der Waals surface area (Å²) in [6, 6.07) is 23.3. The fourth-order valence-electron chi connectivity index (χ4n) is 2.72. The van der Waals surface area contributed by atoms with Gasteiger partial charge in [0.15, 0.2) is 0 Å². The first kappa shape index (κ1) is 16.3. The molecule has 0 spiro atoms. The zero-order valence-corrected chi connectivity index (χ0v) is 15.0. The van der Waals surface area contributed by atoms with Crippen molar-refractivity contribution >= 4 is 22.9 Å². The fraction of sp³-hybridized carbons (Fsp3) is 0.0476. The van der Waals surface area contributed by atoms with Gasteiger partial charge in [-0.2, -0.15) is 5.10 Å². The molecule has 0 bridgehead atoms. The van der Waals surface area contributed by atoms with Gasteiger partial charge in [0.2, 0.25) is 0 Å². The van der Waals surface area contributed by atoms with Gasteiger partial charge >= 0.3 is 0 Å². The summed E-state index contributed by atoms with van der Waals surface area (Å²) in [5, 5.41) is 7.65. The Morgan fingerprint density at radius 1 is 0.962 bits per heavy atom. The molecule has 0 fully saturated rings. The molecule has 5 heteroatoms. The average molecular weight is 359 g/mol. The van der Waals surface area contributed by atoms with Crippen LogP contribution in [0.5, 0.6) is 0 Å². The van der Waals surface area contributed by atoms with E-state index in [2.05, 4.69) is 5.32 Å². The van der Waals surface area contributed by atoms with Crippen molar-refractivity contribution < 1.29 is 4.79 Å². The standard InChI is InChI=1S/C21H17N3OS/c1-15-12-13-19(26-15)20-18(21(25)22-16-8-4-2-5-9-16)14-24(23-20)17-10-6-3-7-11-17/h2-14H,1H3,(H,22,25). The number of rotatable bonds is 4. The number of aromatic nitrogens is 2. The molecule has 4 rings (SSSR count). The van der Waals surface area contributed by atoms with Gasteiger partial charge in [0.05, 0.1) is 16.1 Å². The maximum Gasteiger partial charge on any atom is 0.259 e. The Balaban J connectivity index is 1.76. The number of nitrogens with one attached hydrogen (secondary N) is 1. The summed E-state index contributed by atoms with van der Waals surface area (Å²) in [7, 11) is 0. The van der Waals surface area contributed by atoms with Crippen LogP contribution in [0.2, 0.25) is 0 Å². The van der Waals surface area contributed by atoms with Gasteiger partial charge in [-0.05, 0) is 43.3 Å². The fourth-order valence-corrected chi connectivity index (χ4v) is 3.58. The molecule has 0 aliphatic carbocycles. The van der Waals surface area contributed by atoms with Crippen LogP contribution in [-0.2, 0) is 0 Å². The lowest BCUT2D eigenvalue weighted by molar-refractivity contribution is 0.102. The number of amides is 1. The van der Waals surface area contributed by atoms with Crippen molar-refractivity contribution in [2.24, 2.45) is 0 Å². The molecule has 0 unspecified atom stereocenters. The molecule has 0 saturated carbocycles. The van der Waals surface area contributed by atoms with Crippen molar-refractivity contribution in [3.63, 3.8) is 0 Å². The lowest BCUT2D eigenvalue weighted by Crippen LogP contribution is -2.12. The van der Waals surface area contributed by atoms with E-state index in [9.17, 15) is 4.79 Å². The molecule has 2 aromatic carbocycles. The largest absolute Gasteiger partial charge is 0.322 e. The van der Waals surface area contributed by atoms with E-state index in [4.69, 9.17) is 5.10 Å². The molecule has 2 heterocycles. The predicted molar refractivity (Wildman–Crippen MR) is 106 cm³/mol. The summed E-state index contributed by atoms with van der Waals surface area (Å²) >= 11 is 1.63. The van der Waals surface area contributed by atoms with Gasteiger partial charge in [-0.1, -0.05) is 36.4 Å². The van der Waals surface area contributed by atoms with Crippen molar-refractivity contribution in [3.05, 3.63) is 89.4 Å². The maximum atomic E-state index is 12.9. The quantitative estimate of drug-likeness (QED) is 0.547. The Labute approximate surface area is 155 Å². The molecule has 0 aliphatic rings. The van der Waals surface area contributed by atoms with Crippen molar-refractivity contribution in [2.45, 2.75) is 6.92 Å². The minimum Gasteiger partial charge on any atom is -0.322 e. The Bertz CT molecular complexity index is 1040. The summed E-state index contributed by atoms with van der Waals surface area (Å²) < 4.78 is 1.75. The average Bonchev–Trinajstić information content (AvgIpc) is 3.30. The number of hydrogen-bond donors (Lipinski definition) is 1. The molecule has 128 valence electrons. The third-order valence-electron chi connectivity index (χ3n) is 3.99. The summed E-state index contributed by atoms with van der Waals surface area (Å²) in [5.74, 6) is -0.167. The van der Waals surface area contributed by atoms with Crippen LogP contribution < -0.4 is 5.32 Å². The second-order valence-corrected chi connectivity index (χ2v) is 7.19. The minimum absolute atomic E-state index is 0.167. The van der Waals surface area contributed by atoms with E-state index in [0.717, 1.165) is 16.3 Å². The Kier molecular flexibility index (Phi) is 4.37. The number of thiophene rings is 1. The van der Waals surface area contributed by atoms with Gasteiger partial charge in [0.1, 0.15) is 5.69 Å². The molecule has 0 saturated heterocycles. The van der Waals surface area contributed by atoms with Crippen LogP contribution in [0.3, 0.4) is 0 Å². The first-order valence-electron chi connectivity index (χ1n) is 8.29. The SMILES string of the molecule is Cc1ccc(-c2nn(-c3ccccc3)cc2C(=O)Nc2ccccc2)s1. The number of para-hydroxylation sites is 2. The topological polar surface area (TPSA) is 46.9 Å². The number of carbonyl (C=O) groups excluding carboxylic acids is 1. The van der Waals surface area contributed by atoms with Crippen LogP contribution in [0.1, 0.15) is 15.2 Å². The van der Waals surface area contributed by atoms with Crippen molar-refractivity contribution in [1.82, 2.24) is 9.78 Å². The smallest absolute Gasteiger partial charge is 0.259 e. The minimum atomic E-state index is -0.167. The van der Waals surface area contributed by atoms with E-state index in [1.165, 1.54) is 4.88 Å². The summed E-state index contributed by atoms with van der Waals surface area (Å²) in [4.78, 5) is 15.1. The number of benzene rings is 2. The monoisotopic (exact) mass is 359 g/mol. The lowest BCUT2D eigenvalue weighted by atomic mass is 10.2. The lowest BCUT2D eigenvalue weighted by Gasteiger charge is -2.04. The number of aryl methyl sites for hydroxylation is 1. The molecule has 4 nitrogen and oxygen atoms in total.